The Hall–Kier alpha value is -0.410. The van der Waals surface area contributed by atoms with E-state index in [4.69, 9.17) is 0 Å². The topological polar surface area (TPSA) is 12.0 Å². The average molecular weight is 302 g/mol. The Bertz CT molecular complexity index is 351. The summed E-state index contributed by atoms with van der Waals surface area (Å²) in [7, 11) is 1.88. The Labute approximate surface area is 112 Å². The van der Waals surface area contributed by atoms with Crippen molar-refractivity contribution in [2.75, 3.05) is 7.05 Å². The van der Waals surface area contributed by atoms with Gasteiger partial charge in [0.25, 0.3) is 0 Å². The number of benzene rings is 1. The van der Waals surface area contributed by atoms with Crippen LogP contribution in [0.25, 0.3) is 0 Å². The van der Waals surface area contributed by atoms with Crippen LogP contribution in [0.15, 0.2) is 22.7 Å². The molecule has 96 valence electrons. The molecule has 1 aromatic rings. The highest BCUT2D eigenvalue weighted by Crippen LogP contribution is 2.32. The molecule has 17 heavy (non-hydrogen) atoms. The fourth-order valence-corrected chi connectivity index (χ4v) is 2.47. The van der Waals surface area contributed by atoms with Crippen LogP contribution in [-0.2, 0) is 0 Å². The van der Waals surface area contributed by atoms with E-state index in [0.29, 0.717) is 0 Å². The van der Waals surface area contributed by atoms with Gasteiger partial charge in [-0.3, -0.25) is 0 Å². The Morgan fingerprint density at radius 1 is 1.35 bits per heavy atom. The number of nitrogens with one attached hydrogen (secondary N) is 1. The van der Waals surface area contributed by atoms with Crippen molar-refractivity contribution in [1.82, 2.24) is 5.32 Å². The van der Waals surface area contributed by atoms with Gasteiger partial charge in [0.1, 0.15) is 5.82 Å². The van der Waals surface area contributed by atoms with Gasteiger partial charge < -0.3 is 5.32 Å². The summed E-state index contributed by atoms with van der Waals surface area (Å²) in [5.74, 6) is -0.146. The molecule has 0 aliphatic carbocycles. The van der Waals surface area contributed by atoms with Crippen molar-refractivity contribution < 1.29 is 4.39 Å². The number of hydrogen-bond donors (Lipinski definition) is 1. The monoisotopic (exact) mass is 301 g/mol. The quantitative estimate of drug-likeness (QED) is 0.852. The van der Waals surface area contributed by atoms with E-state index in [-0.39, 0.29) is 17.3 Å². The molecule has 0 aliphatic rings. The molecule has 0 saturated carbocycles. The van der Waals surface area contributed by atoms with Crippen LogP contribution in [0.2, 0.25) is 0 Å². The molecule has 1 N–H and O–H groups in total. The highest BCUT2D eigenvalue weighted by atomic mass is 79.9. The molecule has 1 aromatic carbocycles. The predicted octanol–water partition coefficient (Wildman–Crippen LogP) is 4.68. The second-order valence-corrected chi connectivity index (χ2v) is 6.43. The fraction of sp³-hybridized carbons (Fsp3) is 0.571. The van der Waals surface area contributed by atoms with Crippen molar-refractivity contribution in [2.24, 2.45) is 5.41 Å². The molecule has 0 amide bonds. The van der Waals surface area contributed by atoms with E-state index < -0.39 is 0 Å². The van der Waals surface area contributed by atoms with Gasteiger partial charge in [-0.15, -0.1) is 0 Å². The molecule has 0 radical (unpaired) electrons. The molecule has 1 nitrogen and oxygen atoms in total. The fourth-order valence-electron chi connectivity index (χ4n) is 1.85. The van der Waals surface area contributed by atoms with Crippen LogP contribution in [0.5, 0.6) is 0 Å². The minimum atomic E-state index is -0.146. The van der Waals surface area contributed by atoms with Gasteiger partial charge in [0.05, 0.1) is 0 Å². The van der Waals surface area contributed by atoms with Crippen LogP contribution in [0.3, 0.4) is 0 Å². The van der Waals surface area contributed by atoms with Crippen LogP contribution in [0.4, 0.5) is 4.39 Å². The third kappa shape index (κ3) is 4.40. The zero-order valence-corrected chi connectivity index (χ0v) is 12.6. The predicted molar refractivity (Wildman–Crippen MR) is 74.6 cm³/mol. The lowest BCUT2D eigenvalue weighted by atomic mass is 9.87. The molecule has 1 unspecified atom stereocenters. The summed E-state index contributed by atoms with van der Waals surface area (Å²) >= 11 is 3.43. The van der Waals surface area contributed by atoms with Crippen molar-refractivity contribution in [3.05, 3.63) is 34.1 Å². The van der Waals surface area contributed by atoms with Crippen LogP contribution in [0, 0.1) is 11.2 Å². The SMILES string of the molecule is CNC(CCC(C)(C)C)c1c(F)cccc1Br. The number of hydrogen-bond acceptors (Lipinski definition) is 1. The van der Waals surface area contributed by atoms with Crippen molar-refractivity contribution in [3.8, 4) is 0 Å². The first-order valence-corrected chi connectivity index (χ1v) is 6.75. The molecular formula is C14H21BrFN. The summed E-state index contributed by atoms with van der Waals surface area (Å²) in [6, 6.07) is 5.19. The Morgan fingerprint density at radius 3 is 2.47 bits per heavy atom. The van der Waals surface area contributed by atoms with Crippen LogP contribution >= 0.6 is 15.9 Å². The van der Waals surface area contributed by atoms with Crippen molar-refractivity contribution in [2.45, 2.75) is 39.7 Å². The van der Waals surface area contributed by atoms with Gasteiger partial charge in [0.15, 0.2) is 0 Å². The minimum absolute atomic E-state index is 0.0600. The maximum absolute atomic E-state index is 13.8. The average Bonchev–Trinajstić information content (AvgIpc) is 2.21. The van der Waals surface area contributed by atoms with E-state index in [1.54, 1.807) is 6.07 Å². The van der Waals surface area contributed by atoms with Gasteiger partial charge in [-0.2, -0.15) is 0 Å². The van der Waals surface area contributed by atoms with Crippen LogP contribution in [-0.4, -0.2) is 7.05 Å². The molecule has 1 rings (SSSR count). The molecule has 3 heteroatoms. The second kappa shape index (κ2) is 5.96. The lowest BCUT2D eigenvalue weighted by molar-refractivity contribution is 0.334. The van der Waals surface area contributed by atoms with Crippen LogP contribution in [0.1, 0.15) is 45.2 Å². The minimum Gasteiger partial charge on any atom is -0.313 e. The lowest BCUT2D eigenvalue weighted by Gasteiger charge is -2.24. The molecular weight excluding hydrogens is 281 g/mol. The summed E-state index contributed by atoms with van der Waals surface area (Å²) in [5, 5.41) is 3.20. The third-order valence-electron chi connectivity index (χ3n) is 2.88. The van der Waals surface area contributed by atoms with E-state index in [9.17, 15) is 4.39 Å². The van der Waals surface area contributed by atoms with Gasteiger partial charge in [0.2, 0.25) is 0 Å². The number of rotatable bonds is 4. The van der Waals surface area contributed by atoms with Crippen molar-refractivity contribution >= 4 is 15.9 Å². The van der Waals surface area contributed by atoms with Gasteiger partial charge >= 0.3 is 0 Å². The van der Waals surface area contributed by atoms with E-state index in [1.807, 2.05) is 13.1 Å². The van der Waals surface area contributed by atoms with E-state index in [0.717, 1.165) is 22.9 Å². The summed E-state index contributed by atoms with van der Waals surface area (Å²) in [6.07, 6.45) is 1.98. The Morgan fingerprint density at radius 2 is 2.00 bits per heavy atom. The largest absolute Gasteiger partial charge is 0.313 e. The molecule has 0 bridgehead atoms. The molecule has 0 heterocycles. The molecule has 0 spiro atoms. The van der Waals surface area contributed by atoms with Gasteiger partial charge in [0, 0.05) is 16.1 Å². The highest BCUT2D eigenvalue weighted by Gasteiger charge is 2.20. The van der Waals surface area contributed by atoms with E-state index in [2.05, 4.69) is 42.0 Å². The maximum atomic E-state index is 13.8. The second-order valence-electron chi connectivity index (χ2n) is 5.58. The van der Waals surface area contributed by atoms with E-state index in [1.165, 1.54) is 6.07 Å². The van der Waals surface area contributed by atoms with Crippen molar-refractivity contribution in [1.29, 1.82) is 0 Å². The first-order chi connectivity index (χ1) is 7.85. The maximum Gasteiger partial charge on any atom is 0.129 e. The van der Waals surface area contributed by atoms with Crippen molar-refractivity contribution in [3.63, 3.8) is 0 Å². The summed E-state index contributed by atoms with van der Waals surface area (Å²) < 4.78 is 14.7. The zero-order chi connectivity index (χ0) is 13.1. The Kier molecular flexibility index (Phi) is 5.14. The molecule has 0 aliphatic heterocycles. The van der Waals surface area contributed by atoms with Crippen LogP contribution < -0.4 is 5.32 Å². The molecule has 0 aromatic heterocycles. The summed E-state index contributed by atoms with van der Waals surface area (Å²) in [5.41, 5.74) is 1.01. The van der Waals surface area contributed by atoms with E-state index >= 15 is 0 Å². The highest BCUT2D eigenvalue weighted by molar-refractivity contribution is 9.10. The van der Waals surface area contributed by atoms with Gasteiger partial charge in [-0.25, -0.2) is 4.39 Å². The standard InChI is InChI=1S/C14H21BrFN/c1-14(2,3)9-8-12(17-4)13-10(15)6-5-7-11(13)16/h5-7,12,17H,8-9H2,1-4H3. The molecule has 0 saturated heterocycles. The normalized spacial score (nSPS) is 13.8. The third-order valence-corrected chi connectivity index (χ3v) is 3.57. The summed E-state index contributed by atoms with van der Waals surface area (Å²) in [4.78, 5) is 0. The first-order valence-electron chi connectivity index (χ1n) is 5.96. The summed E-state index contributed by atoms with van der Waals surface area (Å²) in [6.45, 7) is 6.61. The molecule has 1 atom stereocenters. The van der Waals surface area contributed by atoms with Gasteiger partial charge in [-0.05, 0) is 37.4 Å². The first kappa shape index (κ1) is 14.7. The van der Waals surface area contributed by atoms with Gasteiger partial charge in [-0.1, -0.05) is 42.8 Å². The zero-order valence-electron chi connectivity index (χ0n) is 11.0. The lowest BCUT2D eigenvalue weighted by Crippen LogP contribution is -2.20. The molecule has 0 fully saturated rings. The number of halogens is 2. The Balaban J connectivity index is 2.87. The smallest absolute Gasteiger partial charge is 0.129 e.